The van der Waals surface area contributed by atoms with E-state index in [2.05, 4.69) is 10.2 Å². The van der Waals surface area contributed by atoms with E-state index in [-0.39, 0.29) is 18.5 Å². The van der Waals surface area contributed by atoms with Crippen LogP contribution in [0.1, 0.15) is 4.88 Å². The van der Waals surface area contributed by atoms with Gasteiger partial charge in [0.25, 0.3) is 0 Å². The summed E-state index contributed by atoms with van der Waals surface area (Å²) in [5.41, 5.74) is 1.78. The quantitative estimate of drug-likeness (QED) is 0.376. The Hall–Kier alpha value is -3.30. The second-order valence-electron chi connectivity index (χ2n) is 7.16. The molecule has 1 aliphatic heterocycles. The molecule has 32 heavy (non-hydrogen) atoms. The Kier molecular flexibility index (Phi) is 5.83. The summed E-state index contributed by atoms with van der Waals surface area (Å²) in [5, 5.41) is 11.5. The highest BCUT2D eigenvalue weighted by Gasteiger charge is 2.21. The van der Waals surface area contributed by atoms with Gasteiger partial charge in [-0.2, -0.15) is 0 Å². The number of ether oxygens (including phenoxy) is 2. The molecule has 0 spiro atoms. The van der Waals surface area contributed by atoms with Crippen molar-refractivity contribution in [2.24, 2.45) is 0 Å². The average molecular weight is 465 g/mol. The molecule has 2 aromatic heterocycles. The van der Waals surface area contributed by atoms with E-state index in [0.717, 1.165) is 16.1 Å². The summed E-state index contributed by atoms with van der Waals surface area (Å²) in [6.07, 6.45) is 0. The summed E-state index contributed by atoms with van der Waals surface area (Å²) in [5.74, 6) is 2.39. The molecule has 0 aliphatic carbocycles. The molecule has 9 heteroatoms. The zero-order valence-electron chi connectivity index (χ0n) is 17.3. The van der Waals surface area contributed by atoms with Crippen molar-refractivity contribution in [3.63, 3.8) is 0 Å². The molecule has 1 amide bonds. The number of benzene rings is 2. The molecule has 3 heterocycles. The molecule has 1 aliphatic rings. The van der Waals surface area contributed by atoms with Crippen molar-refractivity contribution in [3.8, 4) is 28.6 Å². The van der Waals surface area contributed by atoms with E-state index in [0.29, 0.717) is 29.0 Å². The van der Waals surface area contributed by atoms with Crippen molar-refractivity contribution in [3.05, 3.63) is 70.9 Å². The second-order valence-corrected chi connectivity index (χ2v) is 9.14. The van der Waals surface area contributed by atoms with Gasteiger partial charge in [0, 0.05) is 23.2 Å². The van der Waals surface area contributed by atoms with Crippen LogP contribution < -0.4 is 9.47 Å². The summed E-state index contributed by atoms with van der Waals surface area (Å²) >= 11 is 3.02. The molecule has 0 unspecified atom stereocenters. The smallest absolute Gasteiger partial charge is 0.233 e. The number of fused-ring (bicyclic) bond motifs is 1. The minimum absolute atomic E-state index is 0.0376. The summed E-state index contributed by atoms with van der Waals surface area (Å²) in [7, 11) is 1.82. The number of amides is 1. The van der Waals surface area contributed by atoms with Crippen LogP contribution in [0.15, 0.2) is 71.2 Å². The summed E-state index contributed by atoms with van der Waals surface area (Å²) in [6.45, 7) is 0.817. The van der Waals surface area contributed by atoms with Crippen molar-refractivity contribution in [2.75, 3.05) is 19.6 Å². The number of rotatable bonds is 7. The first-order chi connectivity index (χ1) is 15.7. The van der Waals surface area contributed by atoms with Gasteiger partial charge in [0.05, 0.1) is 12.3 Å². The molecule has 0 bridgehead atoms. The number of hydrogen-bond acceptors (Lipinski definition) is 7. The lowest BCUT2D eigenvalue weighted by molar-refractivity contribution is -0.127. The van der Waals surface area contributed by atoms with Crippen molar-refractivity contribution in [1.82, 2.24) is 19.7 Å². The van der Waals surface area contributed by atoms with Gasteiger partial charge in [0.2, 0.25) is 12.7 Å². The molecule has 0 saturated carbocycles. The Morgan fingerprint density at radius 1 is 1.09 bits per heavy atom. The predicted octanol–water partition coefficient (Wildman–Crippen LogP) is 4.48. The highest BCUT2D eigenvalue weighted by molar-refractivity contribution is 7.99. The molecule has 0 N–H and O–H groups in total. The molecular weight excluding hydrogens is 444 g/mol. The molecule has 0 saturated heterocycles. The summed E-state index contributed by atoms with van der Waals surface area (Å²) in [6, 6.07) is 19.6. The van der Waals surface area contributed by atoms with Crippen molar-refractivity contribution in [2.45, 2.75) is 11.7 Å². The zero-order valence-corrected chi connectivity index (χ0v) is 18.9. The molecule has 0 atom stereocenters. The Labute approximate surface area is 193 Å². The number of thiophene rings is 1. The van der Waals surface area contributed by atoms with E-state index in [9.17, 15) is 4.79 Å². The lowest BCUT2D eigenvalue weighted by Gasteiger charge is -2.16. The van der Waals surface area contributed by atoms with E-state index >= 15 is 0 Å². The fourth-order valence-electron chi connectivity index (χ4n) is 3.36. The van der Waals surface area contributed by atoms with E-state index in [1.165, 1.54) is 11.8 Å². The third-order valence-electron chi connectivity index (χ3n) is 5.00. The normalized spacial score (nSPS) is 12.2. The second kappa shape index (κ2) is 9.05. The molecule has 2 aromatic carbocycles. The summed E-state index contributed by atoms with van der Waals surface area (Å²) < 4.78 is 12.9. The zero-order chi connectivity index (χ0) is 21.9. The van der Waals surface area contributed by atoms with Crippen LogP contribution >= 0.6 is 23.1 Å². The van der Waals surface area contributed by atoms with E-state index in [1.54, 1.807) is 16.2 Å². The van der Waals surface area contributed by atoms with Gasteiger partial charge in [-0.1, -0.05) is 36.0 Å². The maximum atomic E-state index is 12.7. The SMILES string of the molecule is CN(Cc1cccs1)C(=O)CSc1nnc(-c2ccc3c(c2)OCO3)n1-c1ccccc1. The van der Waals surface area contributed by atoms with E-state index < -0.39 is 0 Å². The highest BCUT2D eigenvalue weighted by atomic mass is 32.2. The molecular formula is C23H20N4O3S2. The number of aromatic nitrogens is 3. The number of nitrogens with zero attached hydrogens (tertiary/aromatic N) is 4. The van der Waals surface area contributed by atoms with Crippen LogP contribution in [0.25, 0.3) is 17.1 Å². The highest BCUT2D eigenvalue weighted by Crippen LogP contribution is 2.37. The first kappa shape index (κ1) is 20.6. The van der Waals surface area contributed by atoms with Gasteiger partial charge >= 0.3 is 0 Å². The van der Waals surface area contributed by atoms with Crippen molar-refractivity contribution < 1.29 is 14.3 Å². The number of carbonyl (C=O) groups excluding carboxylic acids is 1. The standard InChI is InChI=1S/C23H20N4O3S2/c1-26(13-18-8-5-11-31-18)21(28)14-32-23-25-24-22(27(23)17-6-3-2-4-7-17)16-9-10-19-20(12-16)30-15-29-19/h2-12H,13-15H2,1H3. The lowest BCUT2D eigenvalue weighted by Crippen LogP contribution is -2.27. The van der Waals surface area contributed by atoms with E-state index in [4.69, 9.17) is 9.47 Å². The number of thioether (sulfide) groups is 1. The fourth-order valence-corrected chi connectivity index (χ4v) is 5.01. The fraction of sp³-hybridized carbons (Fsp3) is 0.174. The van der Waals surface area contributed by atoms with Gasteiger partial charge in [0.1, 0.15) is 0 Å². The van der Waals surface area contributed by atoms with Crippen LogP contribution in [-0.4, -0.2) is 45.2 Å². The van der Waals surface area contributed by atoms with Crippen LogP contribution in [0.4, 0.5) is 0 Å². The number of para-hydroxylation sites is 1. The van der Waals surface area contributed by atoms with Crippen LogP contribution in [-0.2, 0) is 11.3 Å². The topological polar surface area (TPSA) is 69.5 Å². The average Bonchev–Trinajstić information content (AvgIpc) is 3.58. The van der Waals surface area contributed by atoms with Crippen LogP contribution in [0, 0.1) is 0 Å². The third-order valence-corrected chi connectivity index (χ3v) is 6.78. The van der Waals surface area contributed by atoms with Gasteiger partial charge in [-0.15, -0.1) is 21.5 Å². The lowest BCUT2D eigenvalue weighted by atomic mass is 10.2. The molecule has 5 rings (SSSR count). The minimum Gasteiger partial charge on any atom is -0.454 e. The molecule has 7 nitrogen and oxygen atoms in total. The predicted molar refractivity (Wildman–Crippen MR) is 124 cm³/mol. The Morgan fingerprint density at radius 3 is 2.75 bits per heavy atom. The molecule has 0 fully saturated rings. The van der Waals surface area contributed by atoms with Gasteiger partial charge in [0.15, 0.2) is 22.5 Å². The third kappa shape index (κ3) is 4.21. The van der Waals surface area contributed by atoms with Gasteiger partial charge in [-0.25, -0.2) is 0 Å². The van der Waals surface area contributed by atoms with Crippen molar-refractivity contribution >= 4 is 29.0 Å². The van der Waals surface area contributed by atoms with Gasteiger partial charge in [-0.3, -0.25) is 9.36 Å². The van der Waals surface area contributed by atoms with Gasteiger partial charge < -0.3 is 14.4 Å². The first-order valence-corrected chi connectivity index (χ1v) is 11.9. The van der Waals surface area contributed by atoms with Crippen LogP contribution in [0.2, 0.25) is 0 Å². The van der Waals surface area contributed by atoms with Gasteiger partial charge in [-0.05, 0) is 41.8 Å². The largest absolute Gasteiger partial charge is 0.454 e. The Balaban J connectivity index is 1.41. The Bertz CT molecular complexity index is 1230. The summed E-state index contributed by atoms with van der Waals surface area (Å²) in [4.78, 5) is 15.6. The van der Waals surface area contributed by atoms with E-state index in [1.807, 2.05) is 77.7 Å². The van der Waals surface area contributed by atoms with Crippen molar-refractivity contribution in [1.29, 1.82) is 0 Å². The molecule has 0 radical (unpaired) electrons. The van der Waals surface area contributed by atoms with Crippen LogP contribution in [0.3, 0.4) is 0 Å². The number of hydrogen-bond donors (Lipinski definition) is 0. The minimum atomic E-state index is 0.0376. The molecule has 4 aromatic rings. The Morgan fingerprint density at radius 2 is 1.94 bits per heavy atom. The monoisotopic (exact) mass is 464 g/mol. The first-order valence-electron chi connectivity index (χ1n) is 9.99. The molecule has 162 valence electrons. The van der Waals surface area contributed by atoms with Crippen LogP contribution in [0.5, 0.6) is 11.5 Å². The number of carbonyl (C=O) groups is 1. The maximum absolute atomic E-state index is 12.7. The maximum Gasteiger partial charge on any atom is 0.233 e.